The Morgan fingerprint density at radius 3 is 2.37 bits per heavy atom. The number of aliphatic carboxylic acids is 1. The van der Waals surface area contributed by atoms with Gasteiger partial charge in [0.05, 0.1) is 16.6 Å². The number of carbonyl (C=O) groups is 1. The van der Waals surface area contributed by atoms with Crippen molar-refractivity contribution >= 4 is 33.7 Å². The zero-order chi connectivity index (χ0) is 19.7. The van der Waals surface area contributed by atoms with Crippen molar-refractivity contribution < 1.29 is 28.2 Å². The van der Waals surface area contributed by atoms with Crippen LogP contribution in [-0.4, -0.2) is 57.9 Å². The molecule has 0 bridgehead atoms. The molecule has 1 aromatic heterocycles. The SMILES string of the molecule is C[C@H]1[C@H](O)CN1c1nc(N2C[C@@H]3C(CC(=O)O)[C@@H]3C2)c(Br)c(C(F)(F)F)n1. The average molecular weight is 451 g/mol. The second-order valence-electron chi connectivity index (χ2n) is 7.46. The number of carboxylic acids is 1. The second kappa shape index (κ2) is 6.20. The predicted octanol–water partition coefficient (Wildman–Crippen LogP) is 1.98. The van der Waals surface area contributed by atoms with Gasteiger partial charge in [-0.1, -0.05) is 0 Å². The van der Waals surface area contributed by atoms with Gasteiger partial charge < -0.3 is 20.0 Å². The first kappa shape index (κ1) is 18.7. The molecule has 1 unspecified atom stereocenters. The van der Waals surface area contributed by atoms with E-state index in [1.54, 1.807) is 16.7 Å². The minimum Gasteiger partial charge on any atom is -0.481 e. The molecule has 11 heteroatoms. The van der Waals surface area contributed by atoms with E-state index in [1.807, 2.05) is 0 Å². The summed E-state index contributed by atoms with van der Waals surface area (Å²) in [6, 6.07) is -0.355. The standard InChI is InChI=1S/C16H18BrF3N4O3/c1-6-10(25)5-24(6)15-21-13(16(18,19)20)12(17)14(22-15)23-3-8-7(2-11(26)27)9(8)4-23/h6-10,25H,2-5H2,1H3,(H,26,27)/t6-,7?,8-,9+,10+/m0/s1. The fourth-order valence-corrected chi connectivity index (χ4v) is 4.78. The third kappa shape index (κ3) is 3.14. The minimum absolute atomic E-state index is 0.0546. The molecule has 4 rings (SSSR count). The molecule has 2 aliphatic heterocycles. The van der Waals surface area contributed by atoms with E-state index < -0.39 is 23.9 Å². The van der Waals surface area contributed by atoms with E-state index in [0.717, 1.165) is 0 Å². The van der Waals surface area contributed by atoms with Crippen LogP contribution in [0.15, 0.2) is 4.47 Å². The lowest BCUT2D eigenvalue weighted by molar-refractivity contribution is -0.142. The summed E-state index contributed by atoms with van der Waals surface area (Å²) in [5.74, 6) is -0.304. The molecule has 1 saturated carbocycles. The summed E-state index contributed by atoms with van der Waals surface area (Å²) in [7, 11) is 0. The number of aliphatic hydroxyl groups excluding tert-OH is 1. The van der Waals surface area contributed by atoms with Crippen LogP contribution in [-0.2, 0) is 11.0 Å². The molecule has 0 amide bonds. The van der Waals surface area contributed by atoms with Crippen LogP contribution in [0.4, 0.5) is 24.9 Å². The largest absolute Gasteiger partial charge is 0.481 e. The van der Waals surface area contributed by atoms with Crippen LogP contribution in [0.25, 0.3) is 0 Å². The highest BCUT2D eigenvalue weighted by Gasteiger charge is 2.57. The van der Waals surface area contributed by atoms with E-state index in [4.69, 9.17) is 5.11 Å². The van der Waals surface area contributed by atoms with Crippen LogP contribution < -0.4 is 9.80 Å². The Labute approximate surface area is 161 Å². The smallest absolute Gasteiger partial charge is 0.434 e. The van der Waals surface area contributed by atoms with Gasteiger partial charge in [-0.3, -0.25) is 4.79 Å². The first-order valence-electron chi connectivity index (χ1n) is 8.64. The molecular formula is C16H18BrF3N4O3. The molecule has 1 aromatic rings. The van der Waals surface area contributed by atoms with Crippen molar-refractivity contribution in [1.82, 2.24) is 9.97 Å². The molecule has 5 atom stereocenters. The maximum absolute atomic E-state index is 13.5. The van der Waals surface area contributed by atoms with Gasteiger partial charge in [-0.15, -0.1) is 0 Å². The van der Waals surface area contributed by atoms with Gasteiger partial charge in [-0.2, -0.15) is 18.2 Å². The van der Waals surface area contributed by atoms with Crippen molar-refractivity contribution in [3.63, 3.8) is 0 Å². The van der Waals surface area contributed by atoms with Gasteiger partial charge in [-0.05, 0) is 40.6 Å². The first-order valence-corrected chi connectivity index (χ1v) is 9.43. The van der Waals surface area contributed by atoms with Crippen LogP contribution in [0.5, 0.6) is 0 Å². The predicted molar refractivity (Wildman–Crippen MR) is 92.5 cm³/mol. The topological polar surface area (TPSA) is 89.8 Å². The van der Waals surface area contributed by atoms with Crippen molar-refractivity contribution in [2.24, 2.45) is 17.8 Å². The maximum Gasteiger partial charge on any atom is 0.434 e. The normalized spacial score (nSPS) is 32.3. The molecule has 2 saturated heterocycles. The molecule has 0 aromatic carbocycles. The first-order chi connectivity index (χ1) is 12.6. The fraction of sp³-hybridized carbons (Fsp3) is 0.688. The van der Waals surface area contributed by atoms with Crippen molar-refractivity contribution in [1.29, 1.82) is 0 Å². The highest BCUT2D eigenvalue weighted by molar-refractivity contribution is 9.10. The van der Waals surface area contributed by atoms with Gasteiger partial charge in [0.15, 0.2) is 5.69 Å². The van der Waals surface area contributed by atoms with Crippen molar-refractivity contribution in [2.75, 3.05) is 29.4 Å². The lowest BCUT2D eigenvalue weighted by Gasteiger charge is -2.43. The number of hydrogen-bond donors (Lipinski definition) is 2. The van der Waals surface area contributed by atoms with Gasteiger partial charge in [0.1, 0.15) is 5.82 Å². The number of aromatic nitrogens is 2. The van der Waals surface area contributed by atoms with Crippen LogP contribution >= 0.6 is 15.9 Å². The minimum atomic E-state index is -4.65. The van der Waals surface area contributed by atoms with Gasteiger partial charge in [0.2, 0.25) is 5.95 Å². The summed E-state index contributed by atoms with van der Waals surface area (Å²) in [5, 5.41) is 18.6. The summed E-state index contributed by atoms with van der Waals surface area (Å²) in [4.78, 5) is 22.2. The van der Waals surface area contributed by atoms with E-state index in [-0.39, 0.29) is 53.0 Å². The van der Waals surface area contributed by atoms with Gasteiger partial charge in [0, 0.05) is 26.1 Å². The number of carboxylic acid groups (broad SMARTS) is 1. The molecule has 7 nitrogen and oxygen atoms in total. The second-order valence-corrected chi connectivity index (χ2v) is 8.26. The van der Waals surface area contributed by atoms with Crippen LogP contribution in [0.2, 0.25) is 0 Å². The number of nitrogens with zero attached hydrogens (tertiary/aromatic N) is 4. The van der Waals surface area contributed by atoms with Crippen LogP contribution in [0.3, 0.4) is 0 Å². The molecule has 2 N–H and O–H groups in total. The zero-order valence-electron chi connectivity index (χ0n) is 14.3. The maximum atomic E-state index is 13.5. The average Bonchev–Trinajstić information content (AvgIpc) is 3.02. The Bertz CT molecular complexity index is 781. The summed E-state index contributed by atoms with van der Waals surface area (Å²) in [6.45, 7) is 2.85. The third-order valence-electron chi connectivity index (χ3n) is 5.86. The fourth-order valence-electron chi connectivity index (χ4n) is 4.13. The number of alkyl halides is 3. The number of aliphatic hydroxyl groups is 1. The number of β-amino-alcohol motifs (C(OH)–C–C–N with tert-alkyl or cyclic N) is 1. The number of fused-ring (bicyclic) bond motifs is 1. The van der Waals surface area contributed by atoms with Crippen molar-refractivity contribution in [3.05, 3.63) is 10.2 Å². The Balaban J connectivity index is 1.62. The highest BCUT2D eigenvalue weighted by Crippen LogP contribution is 2.55. The Morgan fingerprint density at radius 1 is 1.26 bits per heavy atom. The van der Waals surface area contributed by atoms with E-state index in [9.17, 15) is 23.1 Å². The zero-order valence-corrected chi connectivity index (χ0v) is 15.9. The van der Waals surface area contributed by atoms with Crippen LogP contribution in [0, 0.1) is 17.8 Å². The molecule has 27 heavy (non-hydrogen) atoms. The van der Waals surface area contributed by atoms with E-state index >= 15 is 0 Å². The third-order valence-corrected chi connectivity index (χ3v) is 6.59. The van der Waals surface area contributed by atoms with Crippen LogP contribution in [0.1, 0.15) is 19.0 Å². The van der Waals surface area contributed by atoms with E-state index in [1.165, 1.54) is 0 Å². The number of piperidine rings is 1. The van der Waals surface area contributed by atoms with Crippen molar-refractivity contribution in [3.8, 4) is 0 Å². The molecule has 0 spiro atoms. The number of halogens is 4. The van der Waals surface area contributed by atoms with E-state index in [2.05, 4.69) is 25.9 Å². The summed E-state index contributed by atoms with van der Waals surface area (Å²) in [6.07, 6.45) is -5.17. The highest BCUT2D eigenvalue weighted by atomic mass is 79.9. The Morgan fingerprint density at radius 2 is 1.89 bits per heavy atom. The quantitative estimate of drug-likeness (QED) is 0.724. The molecule has 1 aliphatic carbocycles. The summed E-state index contributed by atoms with van der Waals surface area (Å²) >= 11 is 3.02. The molecule has 3 heterocycles. The van der Waals surface area contributed by atoms with Gasteiger partial charge >= 0.3 is 12.1 Å². The molecular weight excluding hydrogens is 433 g/mol. The van der Waals surface area contributed by atoms with Gasteiger partial charge in [0.25, 0.3) is 0 Å². The number of rotatable bonds is 4. The molecule has 0 radical (unpaired) electrons. The molecule has 3 aliphatic rings. The summed E-state index contributed by atoms with van der Waals surface area (Å²) in [5.41, 5.74) is -1.04. The summed E-state index contributed by atoms with van der Waals surface area (Å²) < 4.78 is 40.2. The monoisotopic (exact) mass is 450 g/mol. The number of anilines is 2. The Hall–Kier alpha value is -1.62. The number of hydrogen-bond acceptors (Lipinski definition) is 6. The Kier molecular flexibility index (Phi) is 4.30. The molecule has 3 fully saturated rings. The lowest BCUT2D eigenvalue weighted by Crippen LogP contribution is -2.59. The lowest BCUT2D eigenvalue weighted by atomic mass is 10.0. The van der Waals surface area contributed by atoms with Crippen molar-refractivity contribution in [2.45, 2.75) is 31.7 Å². The van der Waals surface area contributed by atoms with E-state index in [0.29, 0.717) is 13.1 Å². The molecule has 148 valence electrons. The van der Waals surface area contributed by atoms with Gasteiger partial charge in [-0.25, -0.2) is 4.98 Å².